The van der Waals surface area contributed by atoms with E-state index in [-0.39, 0.29) is 18.4 Å². The Morgan fingerprint density at radius 1 is 1.03 bits per heavy atom. The van der Waals surface area contributed by atoms with Crippen molar-refractivity contribution in [2.24, 2.45) is 11.8 Å². The fourth-order valence-corrected chi connectivity index (χ4v) is 7.74. The molecule has 2 aromatic rings. The van der Waals surface area contributed by atoms with E-state index in [1.807, 2.05) is 12.1 Å². The Bertz CT molecular complexity index is 992. The van der Waals surface area contributed by atoms with Crippen LogP contribution in [0.4, 0.5) is 0 Å². The normalized spacial score (nSPS) is 21.9. The molecular formula is C24H40Cl2N4O2S2. The number of nitrogens with zero attached hydrogens (tertiary/aromatic N) is 1. The number of piperazine rings is 2. The molecule has 0 saturated carbocycles. The van der Waals surface area contributed by atoms with Gasteiger partial charge in [0.1, 0.15) is 4.21 Å². The summed E-state index contributed by atoms with van der Waals surface area (Å²) < 4.78 is 28.8. The lowest BCUT2D eigenvalue weighted by molar-refractivity contribution is 0.272. The van der Waals surface area contributed by atoms with E-state index in [1.54, 1.807) is 16.4 Å². The maximum absolute atomic E-state index is 12.9. The molecule has 0 spiro atoms. The molecule has 0 amide bonds. The second kappa shape index (κ2) is 13.7. The maximum atomic E-state index is 12.9. The summed E-state index contributed by atoms with van der Waals surface area (Å²) in [7, 11) is -3.44. The summed E-state index contributed by atoms with van der Waals surface area (Å²) >= 11 is 7.29. The Morgan fingerprint density at radius 3 is 2.35 bits per heavy atom. The molecule has 1 aromatic heterocycles. The SMILES string of the molecule is CC(C)CC1CN(S(=O)(=O)c2cc3ccc(Cl)cc3s2)CCN1.CC(C)CC1CNCCN1.Cl. The molecule has 2 atom stereocenters. The highest BCUT2D eigenvalue weighted by atomic mass is 35.5. The summed E-state index contributed by atoms with van der Waals surface area (Å²) in [5.41, 5.74) is 0. The molecule has 6 nitrogen and oxygen atoms in total. The van der Waals surface area contributed by atoms with Crippen LogP contribution in [0.2, 0.25) is 5.02 Å². The van der Waals surface area contributed by atoms with Crippen LogP contribution in [-0.2, 0) is 10.0 Å². The molecule has 2 aliphatic rings. The van der Waals surface area contributed by atoms with Gasteiger partial charge in [-0.1, -0.05) is 45.4 Å². The second-order valence-corrected chi connectivity index (χ2v) is 13.6. The van der Waals surface area contributed by atoms with Crippen LogP contribution in [0.1, 0.15) is 40.5 Å². The first kappa shape index (κ1) is 29.8. The smallest absolute Gasteiger partial charge is 0.252 e. The van der Waals surface area contributed by atoms with E-state index < -0.39 is 10.0 Å². The van der Waals surface area contributed by atoms with E-state index in [2.05, 4.69) is 43.6 Å². The van der Waals surface area contributed by atoms with Crippen LogP contribution >= 0.6 is 35.3 Å². The highest BCUT2D eigenvalue weighted by Gasteiger charge is 2.31. The number of thiophene rings is 1. The van der Waals surface area contributed by atoms with Crippen LogP contribution < -0.4 is 16.0 Å². The zero-order chi connectivity index (χ0) is 24.0. The minimum Gasteiger partial charge on any atom is -0.314 e. The quantitative estimate of drug-likeness (QED) is 0.490. The van der Waals surface area contributed by atoms with Gasteiger partial charge in [0.2, 0.25) is 0 Å². The zero-order valence-electron chi connectivity index (χ0n) is 20.6. The molecule has 34 heavy (non-hydrogen) atoms. The van der Waals surface area contributed by atoms with E-state index in [9.17, 15) is 8.42 Å². The number of sulfonamides is 1. The van der Waals surface area contributed by atoms with Crippen molar-refractivity contribution in [3.63, 3.8) is 0 Å². The number of nitrogens with one attached hydrogen (secondary N) is 3. The van der Waals surface area contributed by atoms with Crippen molar-refractivity contribution < 1.29 is 8.42 Å². The van der Waals surface area contributed by atoms with Crippen LogP contribution in [0.5, 0.6) is 0 Å². The predicted octanol–water partition coefficient (Wildman–Crippen LogP) is 4.58. The molecular weight excluding hydrogens is 511 g/mol. The summed E-state index contributed by atoms with van der Waals surface area (Å²) in [6, 6.07) is 8.17. The van der Waals surface area contributed by atoms with E-state index in [1.165, 1.54) is 17.8 Å². The van der Waals surface area contributed by atoms with Crippen LogP contribution in [0.25, 0.3) is 10.1 Å². The Balaban J connectivity index is 0.000000314. The predicted molar refractivity (Wildman–Crippen MR) is 148 cm³/mol. The topological polar surface area (TPSA) is 73.5 Å². The highest BCUT2D eigenvalue weighted by molar-refractivity contribution is 7.91. The molecule has 2 aliphatic heterocycles. The average Bonchev–Trinajstić information content (AvgIpc) is 3.18. The molecule has 0 bridgehead atoms. The largest absolute Gasteiger partial charge is 0.314 e. The van der Waals surface area contributed by atoms with Gasteiger partial charge in [-0.25, -0.2) is 8.42 Å². The van der Waals surface area contributed by atoms with Crippen molar-refractivity contribution in [2.45, 2.75) is 56.8 Å². The van der Waals surface area contributed by atoms with Gasteiger partial charge in [0.15, 0.2) is 0 Å². The average molecular weight is 552 g/mol. The monoisotopic (exact) mass is 550 g/mol. The Morgan fingerprint density at radius 2 is 1.71 bits per heavy atom. The van der Waals surface area contributed by atoms with Crippen LogP contribution in [-0.4, -0.2) is 64.1 Å². The molecule has 10 heteroatoms. The maximum Gasteiger partial charge on any atom is 0.252 e. The highest BCUT2D eigenvalue weighted by Crippen LogP contribution is 2.33. The van der Waals surface area contributed by atoms with Crippen molar-refractivity contribution in [3.05, 3.63) is 29.3 Å². The van der Waals surface area contributed by atoms with Crippen molar-refractivity contribution in [3.8, 4) is 0 Å². The third-order valence-electron chi connectivity index (χ3n) is 5.91. The van der Waals surface area contributed by atoms with Crippen LogP contribution in [0.3, 0.4) is 0 Å². The van der Waals surface area contributed by atoms with Gasteiger partial charge >= 0.3 is 0 Å². The van der Waals surface area contributed by atoms with Gasteiger partial charge in [-0.15, -0.1) is 23.7 Å². The van der Waals surface area contributed by atoms with Gasteiger partial charge in [0.05, 0.1) is 0 Å². The fourth-order valence-electron chi connectivity index (χ4n) is 4.42. The first-order valence-corrected chi connectivity index (χ1v) is 14.7. The summed E-state index contributed by atoms with van der Waals surface area (Å²) in [5, 5.41) is 11.8. The number of hydrogen-bond acceptors (Lipinski definition) is 6. The molecule has 2 unspecified atom stereocenters. The second-order valence-electron chi connectivity index (χ2n) is 9.88. The van der Waals surface area contributed by atoms with E-state index in [4.69, 9.17) is 11.6 Å². The van der Waals surface area contributed by atoms with E-state index >= 15 is 0 Å². The van der Waals surface area contributed by atoms with E-state index in [0.29, 0.717) is 40.8 Å². The number of benzene rings is 1. The molecule has 0 radical (unpaired) electrons. The third kappa shape index (κ3) is 8.59. The number of fused-ring (bicyclic) bond motifs is 1. The van der Waals surface area contributed by atoms with Gasteiger partial charge in [0, 0.05) is 61.1 Å². The fraction of sp³-hybridized carbons (Fsp3) is 0.667. The molecule has 2 fully saturated rings. The number of halogens is 2. The molecule has 194 valence electrons. The van der Waals surface area contributed by atoms with Crippen LogP contribution in [0.15, 0.2) is 28.5 Å². The summed E-state index contributed by atoms with van der Waals surface area (Å²) in [6.07, 6.45) is 2.28. The van der Waals surface area contributed by atoms with Gasteiger partial charge in [-0.3, -0.25) is 0 Å². The first-order valence-electron chi connectivity index (χ1n) is 12.0. The molecule has 0 aliphatic carbocycles. The first-order chi connectivity index (χ1) is 15.6. The standard InChI is InChI=1S/C16H21ClN2O2S2.C8H18N2.ClH/c1-11(2)7-14-10-19(6-5-18-14)23(20,21)16-8-12-3-4-13(17)9-15(12)22-16;1-7(2)5-8-6-9-3-4-10-8;/h3-4,8-9,11,14,18H,5-7,10H2,1-2H3;7-10H,3-6H2,1-2H3;1H. The van der Waals surface area contributed by atoms with Crippen molar-refractivity contribution in [1.29, 1.82) is 0 Å². The van der Waals surface area contributed by atoms with Crippen molar-refractivity contribution in [2.75, 3.05) is 39.3 Å². The Kier molecular flexibility index (Phi) is 12.0. The van der Waals surface area contributed by atoms with Gasteiger partial charge in [-0.05, 0) is 48.3 Å². The lowest BCUT2D eigenvalue weighted by Gasteiger charge is -2.33. The Labute approximate surface area is 220 Å². The van der Waals surface area contributed by atoms with E-state index in [0.717, 1.165) is 42.1 Å². The third-order valence-corrected chi connectivity index (χ3v) is 9.56. The molecule has 3 N–H and O–H groups in total. The molecule has 1 aromatic carbocycles. The zero-order valence-corrected chi connectivity index (χ0v) is 23.8. The lowest BCUT2D eigenvalue weighted by Crippen LogP contribution is -2.52. The summed E-state index contributed by atoms with van der Waals surface area (Å²) in [5.74, 6) is 1.36. The van der Waals surface area contributed by atoms with Gasteiger partial charge in [-0.2, -0.15) is 4.31 Å². The Hall–Kier alpha value is -0.450. The van der Waals surface area contributed by atoms with Gasteiger partial charge in [0.25, 0.3) is 10.0 Å². The number of hydrogen-bond donors (Lipinski definition) is 3. The van der Waals surface area contributed by atoms with Gasteiger partial charge < -0.3 is 16.0 Å². The summed E-state index contributed by atoms with van der Waals surface area (Å²) in [4.78, 5) is 0. The van der Waals surface area contributed by atoms with Crippen molar-refractivity contribution in [1.82, 2.24) is 20.3 Å². The molecule has 2 saturated heterocycles. The van der Waals surface area contributed by atoms with Crippen LogP contribution in [0, 0.1) is 11.8 Å². The molecule has 3 heterocycles. The lowest BCUT2D eigenvalue weighted by atomic mass is 10.0. The van der Waals surface area contributed by atoms with Crippen molar-refractivity contribution >= 4 is 55.5 Å². The molecule has 4 rings (SSSR count). The minimum atomic E-state index is -3.44. The summed E-state index contributed by atoms with van der Waals surface area (Å²) in [6.45, 7) is 14.0. The number of rotatable bonds is 6. The minimum absolute atomic E-state index is 0.